The maximum atomic E-state index is 6.01. The largest absolute Gasteiger partial charge is 0.493 e. The van der Waals surface area contributed by atoms with E-state index in [2.05, 4.69) is 49.7 Å². The Bertz CT molecular complexity index is 921. The smallest absolute Gasteiger partial charge is 0.130 e. The first-order chi connectivity index (χ1) is 16.2. The van der Waals surface area contributed by atoms with Gasteiger partial charge in [-0.15, -0.1) is 34.0 Å². The second-order valence-corrected chi connectivity index (χ2v) is 11.6. The van der Waals surface area contributed by atoms with Gasteiger partial charge in [0.15, 0.2) is 0 Å². The molecule has 3 heterocycles. The summed E-state index contributed by atoms with van der Waals surface area (Å²) in [6.45, 7) is 8.37. The van der Waals surface area contributed by atoms with Crippen molar-refractivity contribution in [2.24, 2.45) is 0 Å². The zero-order valence-electron chi connectivity index (χ0n) is 20.6. The first-order valence-corrected chi connectivity index (χ1v) is 15.4. The van der Waals surface area contributed by atoms with E-state index in [-0.39, 0.29) is 0 Å². The molecule has 0 N–H and O–H groups in total. The van der Waals surface area contributed by atoms with Gasteiger partial charge in [0, 0.05) is 30.3 Å². The minimum absolute atomic E-state index is 0.818. The number of thiophene rings is 3. The van der Waals surface area contributed by atoms with E-state index in [0.29, 0.717) is 0 Å². The van der Waals surface area contributed by atoms with Crippen LogP contribution in [-0.4, -0.2) is 13.2 Å². The highest BCUT2D eigenvalue weighted by atomic mass is 32.1. The number of rotatable bonds is 17. The minimum Gasteiger partial charge on any atom is -0.493 e. The van der Waals surface area contributed by atoms with E-state index in [1.54, 1.807) is 11.3 Å². The Balaban J connectivity index is 1.72. The van der Waals surface area contributed by atoms with Crippen LogP contribution in [0.15, 0.2) is 29.0 Å². The SMILES string of the molecule is CCCCCCc1cc(-c2cc(OCCCCC)cs2)sc1-c1cc(OCCCCC)cs1. The number of ether oxygens (including phenoxy) is 2. The Morgan fingerprint density at radius 3 is 1.82 bits per heavy atom. The molecule has 0 aliphatic heterocycles. The van der Waals surface area contributed by atoms with Crippen LogP contribution in [0.2, 0.25) is 0 Å². The molecule has 182 valence electrons. The highest BCUT2D eigenvalue weighted by Crippen LogP contribution is 2.44. The Hall–Kier alpha value is -1.30. The third kappa shape index (κ3) is 8.45. The third-order valence-corrected chi connectivity index (χ3v) is 9.13. The Labute approximate surface area is 213 Å². The zero-order valence-corrected chi connectivity index (χ0v) is 23.1. The highest BCUT2D eigenvalue weighted by Gasteiger charge is 2.16. The van der Waals surface area contributed by atoms with Gasteiger partial charge in [-0.25, -0.2) is 0 Å². The second-order valence-electron chi connectivity index (χ2n) is 8.68. The first-order valence-electron chi connectivity index (χ1n) is 12.8. The lowest BCUT2D eigenvalue weighted by atomic mass is 10.1. The molecule has 0 spiro atoms. The molecule has 0 radical (unpaired) electrons. The van der Waals surface area contributed by atoms with Crippen LogP contribution < -0.4 is 9.47 Å². The molecule has 0 saturated heterocycles. The van der Waals surface area contributed by atoms with Crippen molar-refractivity contribution in [3.63, 3.8) is 0 Å². The summed E-state index contributed by atoms with van der Waals surface area (Å²) < 4.78 is 12.0. The van der Waals surface area contributed by atoms with Gasteiger partial charge in [0.1, 0.15) is 11.5 Å². The van der Waals surface area contributed by atoms with Crippen LogP contribution in [0, 0.1) is 0 Å². The molecule has 3 rings (SSSR count). The minimum atomic E-state index is 0.818. The summed E-state index contributed by atoms with van der Waals surface area (Å²) in [6.07, 6.45) is 13.5. The monoisotopic (exact) mass is 504 g/mol. The quantitative estimate of drug-likeness (QED) is 0.170. The van der Waals surface area contributed by atoms with Crippen LogP contribution in [0.5, 0.6) is 11.5 Å². The van der Waals surface area contributed by atoms with Gasteiger partial charge in [0.2, 0.25) is 0 Å². The van der Waals surface area contributed by atoms with Crippen LogP contribution in [-0.2, 0) is 6.42 Å². The molecule has 0 aliphatic rings. The van der Waals surface area contributed by atoms with E-state index in [1.807, 2.05) is 22.7 Å². The molecule has 0 saturated carbocycles. The summed E-state index contributed by atoms with van der Waals surface area (Å²) in [5.41, 5.74) is 1.49. The number of aryl methyl sites for hydroxylation is 1. The number of unbranched alkanes of at least 4 members (excludes halogenated alkanes) is 7. The fourth-order valence-corrected chi connectivity index (χ4v) is 6.92. The van der Waals surface area contributed by atoms with Crippen molar-refractivity contribution in [3.05, 3.63) is 34.5 Å². The maximum Gasteiger partial charge on any atom is 0.130 e. The summed E-state index contributed by atoms with van der Waals surface area (Å²) in [5.74, 6) is 2.04. The zero-order chi connectivity index (χ0) is 23.3. The van der Waals surface area contributed by atoms with Gasteiger partial charge in [0.25, 0.3) is 0 Å². The molecule has 3 aromatic heterocycles. The molecule has 33 heavy (non-hydrogen) atoms. The Morgan fingerprint density at radius 2 is 1.18 bits per heavy atom. The molecule has 0 aliphatic carbocycles. The molecule has 0 fully saturated rings. The van der Waals surface area contributed by atoms with Gasteiger partial charge in [-0.3, -0.25) is 0 Å². The van der Waals surface area contributed by atoms with E-state index in [4.69, 9.17) is 9.47 Å². The number of hydrogen-bond donors (Lipinski definition) is 0. The molecule has 0 bridgehead atoms. The van der Waals surface area contributed by atoms with Crippen LogP contribution in [0.3, 0.4) is 0 Å². The summed E-state index contributed by atoms with van der Waals surface area (Å²) in [6, 6.07) is 6.91. The molecule has 5 heteroatoms. The topological polar surface area (TPSA) is 18.5 Å². The van der Waals surface area contributed by atoms with Gasteiger partial charge in [0.05, 0.1) is 13.2 Å². The molecule has 2 nitrogen and oxygen atoms in total. The molecule has 0 aromatic carbocycles. The lowest BCUT2D eigenvalue weighted by Gasteiger charge is -2.03. The third-order valence-electron chi connectivity index (χ3n) is 5.76. The van der Waals surface area contributed by atoms with Crippen LogP contribution >= 0.6 is 34.0 Å². The fraction of sp³-hybridized carbons (Fsp3) is 0.571. The van der Waals surface area contributed by atoms with Gasteiger partial charge in [-0.05, 0) is 49.4 Å². The molecular weight excluding hydrogens is 465 g/mol. The summed E-state index contributed by atoms with van der Waals surface area (Å²) in [5, 5.41) is 4.34. The molecule has 0 atom stereocenters. The average molecular weight is 505 g/mol. The normalized spacial score (nSPS) is 11.2. The van der Waals surface area contributed by atoms with E-state index in [1.165, 1.54) is 76.4 Å². The molecular formula is C28H40O2S3. The van der Waals surface area contributed by atoms with Crippen molar-refractivity contribution in [2.75, 3.05) is 13.2 Å². The first kappa shape index (κ1) is 26.3. The van der Waals surface area contributed by atoms with E-state index >= 15 is 0 Å². The van der Waals surface area contributed by atoms with Gasteiger partial charge in [-0.1, -0.05) is 65.7 Å². The van der Waals surface area contributed by atoms with Gasteiger partial charge < -0.3 is 9.47 Å². The molecule has 0 amide bonds. The van der Waals surface area contributed by atoms with E-state index in [0.717, 1.165) is 44.0 Å². The molecule has 3 aromatic rings. The predicted octanol–water partition coefficient (Wildman–Crippen LogP) is 10.5. The fourth-order valence-electron chi connectivity index (χ4n) is 3.81. The standard InChI is InChI=1S/C28H40O2S3/c1-4-7-10-11-14-22-17-26(25-18-23(20-31-25)29-15-12-8-5-2)33-28(22)27-19-24(21-32-27)30-16-13-9-6-3/h17-21H,4-16H2,1-3H3. The maximum absolute atomic E-state index is 6.01. The van der Waals surface area contributed by atoms with Crippen LogP contribution in [0.25, 0.3) is 19.5 Å². The van der Waals surface area contributed by atoms with Crippen molar-refractivity contribution >= 4 is 34.0 Å². The number of hydrogen-bond acceptors (Lipinski definition) is 5. The lowest BCUT2D eigenvalue weighted by Crippen LogP contribution is -1.95. The second kappa shape index (κ2) is 14.9. The molecule has 0 unspecified atom stereocenters. The van der Waals surface area contributed by atoms with Crippen LogP contribution in [0.4, 0.5) is 0 Å². The summed E-state index contributed by atoms with van der Waals surface area (Å²) in [7, 11) is 0. The van der Waals surface area contributed by atoms with Gasteiger partial charge >= 0.3 is 0 Å². The predicted molar refractivity (Wildman–Crippen MR) is 149 cm³/mol. The lowest BCUT2D eigenvalue weighted by molar-refractivity contribution is 0.307. The summed E-state index contributed by atoms with van der Waals surface area (Å²) in [4.78, 5) is 5.45. The average Bonchev–Trinajstić information content (AvgIpc) is 3.57. The van der Waals surface area contributed by atoms with Crippen molar-refractivity contribution in [2.45, 2.75) is 91.4 Å². The van der Waals surface area contributed by atoms with Crippen molar-refractivity contribution < 1.29 is 9.47 Å². The van der Waals surface area contributed by atoms with E-state index < -0.39 is 0 Å². The Morgan fingerprint density at radius 1 is 0.606 bits per heavy atom. The van der Waals surface area contributed by atoms with Crippen molar-refractivity contribution in [3.8, 4) is 31.0 Å². The Kier molecular flexibility index (Phi) is 11.8. The van der Waals surface area contributed by atoms with E-state index in [9.17, 15) is 0 Å². The van der Waals surface area contributed by atoms with Crippen molar-refractivity contribution in [1.82, 2.24) is 0 Å². The van der Waals surface area contributed by atoms with Crippen molar-refractivity contribution in [1.29, 1.82) is 0 Å². The van der Waals surface area contributed by atoms with Gasteiger partial charge in [-0.2, -0.15) is 0 Å². The summed E-state index contributed by atoms with van der Waals surface area (Å²) >= 11 is 5.55. The van der Waals surface area contributed by atoms with Crippen LogP contribution in [0.1, 0.15) is 90.5 Å². The highest BCUT2D eigenvalue weighted by molar-refractivity contribution is 7.26.